The Hall–Kier alpha value is -2.96. The molecule has 2 unspecified atom stereocenters. The van der Waals surface area contributed by atoms with Crippen molar-refractivity contribution in [2.45, 2.75) is 39.0 Å². The molecule has 1 amide bonds. The second-order valence-corrected chi connectivity index (χ2v) is 8.68. The fourth-order valence-electron chi connectivity index (χ4n) is 4.51. The molecule has 1 aromatic carbocycles. The van der Waals surface area contributed by atoms with Crippen LogP contribution in [-0.2, 0) is 20.7 Å². The van der Waals surface area contributed by atoms with Crippen molar-refractivity contribution in [3.05, 3.63) is 58.0 Å². The molecule has 0 aromatic heterocycles. The average molecular weight is 427 g/mol. The first-order chi connectivity index (χ1) is 14.8. The van der Waals surface area contributed by atoms with Gasteiger partial charge in [0.2, 0.25) is 5.91 Å². The summed E-state index contributed by atoms with van der Waals surface area (Å²) >= 11 is 0. The van der Waals surface area contributed by atoms with E-state index in [-0.39, 0.29) is 30.1 Å². The Morgan fingerprint density at radius 2 is 2.03 bits per heavy atom. The molecule has 0 saturated carbocycles. The SMILES string of the molecule is C=C(C)C1CCC(COC(=O)CN=O)=CC1c1ccc(CC2CN(C(C)=O)C2)cc1O. The number of rotatable bonds is 8. The van der Waals surface area contributed by atoms with E-state index in [1.54, 1.807) is 6.92 Å². The number of hydrogen-bond donors (Lipinski definition) is 1. The lowest BCUT2D eigenvalue weighted by Crippen LogP contribution is -2.49. The topological polar surface area (TPSA) is 96.3 Å². The van der Waals surface area contributed by atoms with E-state index in [0.717, 1.165) is 54.6 Å². The fraction of sp³-hybridized carbons (Fsp3) is 0.500. The van der Waals surface area contributed by atoms with Gasteiger partial charge in [-0.15, -0.1) is 0 Å². The van der Waals surface area contributed by atoms with E-state index in [2.05, 4.69) is 17.8 Å². The number of carbonyl (C=O) groups excluding carboxylic acids is 2. The Kier molecular flexibility index (Phi) is 7.25. The van der Waals surface area contributed by atoms with Crippen LogP contribution in [0.1, 0.15) is 43.7 Å². The summed E-state index contributed by atoms with van der Waals surface area (Å²) in [5, 5.41) is 13.4. The minimum absolute atomic E-state index is 0.0601. The van der Waals surface area contributed by atoms with Gasteiger partial charge >= 0.3 is 5.97 Å². The fourth-order valence-corrected chi connectivity index (χ4v) is 4.51. The van der Waals surface area contributed by atoms with Gasteiger partial charge in [0, 0.05) is 31.5 Å². The molecule has 166 valence electrons. The van der Waals surface area contributed by atoms with Crippen molar-refractivity contribution in [2.75, 3.05) is 26.2 Å². The molecule has 1 aliphatic heterocycles. The van der Waals surface area contributed by atoms with E-state index in [1.807, 2.05) is 30.0 Å². The number of amides is 1. The maximum absolute atomic E-state index is 11.5. The molecule has 0 radical (unpaired) electrons. The van der Waals surface area contributed by atoms with Crippen molar-refractivity contribution in [1.82, 2.24) is 4.90 Å². The monoisotopic (exact) mass is 426 g/mol. The van der Waals surface area contributed by atoms with Gasteiger partial charge in [-0.2, -0.15) is 4.91 Å². The lowest BCUT2D eigenvalue weighted by atomic mass is 9.73. The number of nitrogens with zero attached hydrogens (tertiary/aromatic N) is 2. The van der Waals surface area contributed by atoms with Crippen LogP contribution in [0.25, 0.3) is 0 Å². The highest BCUT2D eigenvalue weighted by Crippen LogP contribution is 2.43. The third kappa shape index (κ3) is 5.60. The Balaban J connectivity index is 1.73. The Bertz CT molecular complexity index is 901. The summed E-state index contributed by atoms with van der Waals surface area (Å²) in [5.41, 5.74) is 3.89. The molecular weight excluding hydrogens is 396 g/mol. The van der Waals surface area contributed by atoms with E-state index in [0.29, 0.717) is 5.92 Å². The second-order valence-electron chi connectivity index (χ2n) is 8.68. The Labute approximate surface area is 182 Å². The Morgan fingerprint density at radius 1 is 1.29 bits per heavy atom. The molecule has 1 N–H and O–H groups in total. The molecule has 31 heavy (non-hydrogen) atoms. The van der Waals surface area contributed by atoms with Crippen LogP contribution >= 0.6 is 0 Å². The maximum atomic E-state index is 11.5. The zero-order chi connectivity index (χ0) is 22.5. The number of aromatic hydroxyl groups is 1. The predicted octanol–water partition coefficient (Wildman–Crippen LogP) is 3.72. The van der Waals surface area contributed by atoms with Crippen molar-refractivity contribution in [2.24, 2.45) is 17.0 Å². The quantitative estimate of drug-likeness (QED) is 0.388. The van der Waals surface area contributed by atoms with Gasteiger partial charge in [-0.25, -0.2) is 4.79 Å². The molecule has 1 fully saturated rings. The lowest BCUT2D eigenvalue weighted by Gasteiger charge is -2.39. The van der Waals surface area contributed by atoms with Crippen molar-refractivity contribution in [3.8, 4) is 5.75 Å². The summed E-state index contributed by atoms with van der Waals surface area (Å²) in [7, 11) is 0. The third-order valence-electron chi connectivity index (χ3n) is 6.25. The van der Waals surface area contributed by atoms with Gasteiger partial charge in [0.1, 0.15) is 12.4 Å². The largest absolute Gasteiger partial charge is 0.508 e. The zero-order valence-electron chi connectivity index (χ0n) is 18.2. The van der Waals surface area contributed by atoms with Crippen LogP contribution in [0.15, 0.2) is 47.2 Å². The minimum atomic E-state index is -0.638. The third-order valence-corrected chi connectivity index (χ3v) is 6.25. The molecule has 2 atom stereocenters. The highest BCUT2D eigenvalue weighted by atomic mass is 16.5. The van der Waals surface area contributed by atoms with Crippen LogP contribution in [0.2, 0.25) is 0 Å². The van der Waals surface area contributed by atoms with E-state index in [4.69, 9.17) is 4.74 Å². The summed E-state index contributed by atoms with van der Waals surface area (Å²) in [6.07, 6.45) is 4.49. The molecule has 1 saturated heterocycles. The number of hydrogen-bond acceptors (Lipinski definition) is 6. The van der Waals surface area contributed by atoms with Crippen LogP contribution in [0.3, 0.4) is 0 Å². The van der Waals surface area contributed by atoms with Crippen LogP contribution in [0.4, 0.5) is 0 Å². The van der Waals surface area contributed by atoms with Gasteiger partial charge in [0.15, 0.2) is 6.54 Å². The van der Waals surface area contributed by atoms with Crippen LogP contribution in [-0.4, -0.2) is 48.1 Å². The van der Waals surface area contributed by atoms with Gasteiger partial charge < -0.3 is 14.7 Å². The van der Waals surface area contributed by atoms with E-state index in [1.165, 1.54) is 0 Å². The first-order valence-corrected chi connectivity index (χ1v) is 10.7. The molecule has 2 aliphatic rings. The van der Waals surface area contributed by atoms with E-state index >= 15 is 0 Å². The molecule has 1 heterocycles. The smallest absolute Gasteiger partial charge is 0.331 e. The number of allylic oxidation sites excluding steroid dienone is 2. The number of phenolic OH excluding ortho intramolecular Hbond substituents is 1. The zero-order valence-corrected chi connectivity index (χ0v) is 18.2. The first-order valence-electron chi connectivity index (χ1n) is 10.7. The summed E-state index contributed by atoms with van der Waals surface area (Å²) < 4.78 is 5.13. The summed E-state index contributed by atoms with van der Waals surface area (Å²) in [4.78, 5) is 34.8. The van der Waals surface area contributed by atoms with Crippen LogP contribution in [0, 0.1) is 16.7 Å². The molecule has 1 aliphatic carbocycles. The minimum Gasteiger partial charge on any atom is -0.508 e. The molecule has 7 nitrogen and oxygen atoms in total. The van der Waals surface area contributed by atoms with Gasteiger partial charge in [-0.3, -0.25) is 4.79 Å². The van der Waals surface area contributed by atoms with Gasteiger partial charge in [0.25, 0.3) is 0 Å². The van der Waals surface area contributed by atoms with Crippen LogP contribution in [0.5, 0.6) is 5.75 Å². The van der Waals surface area contributed by atoms with Crippen molar-refractivity contribution >= 4 is 11.9 Å². The normalized spacial score (nSPS) is 21.1. The van der Waals surface area contributed by atoms with E-state index in [9.17, 15) is 19.6 Å². The molecular formula is C24H30N2O5. The highest BCUT2D eigenvalue weighted by Gasteiger charge is 2.31. The highest BCUT2D eigenvalue weighted by molar-refractivity contribution is 5.74. The maximum Gasteiger partial charge on any atom is 0.331 e. The van der Waals surface area contributed by atoms with Crippen molar-refractivity contribution < 1.29 is 19.4 Å². The predicted molar refractivity (Wildman–Crippen MR) is 118 cm³/mol. The molecule has 1 aromatic rings. The standard InChI is InChI=1S/C24H30N2O5/c1-15(2)20-6-5-18(14-31-24(29)11-25-30)9-22(20)21-7-4-17(10-23(21)28)8-19-12-26(13-19)16(3)27/h4,7,9-10,19-20,22,28H,1,5-6,8,11-14H2,2-3H3. The van der Waals surface area contributed by atoms with Crippen LogP contribution < -0.4 is 0 Å². The average Bonchev–Trinajstić information content (AvgIpc) is 2.68. The second kappa shape index (κ2) is 9.90. The Morgan fingerprint density at radius 3 is 2.65 bits per heavy atom. The number of benzene rings is 1. The van der Waals surface area contributed by atoms with Crippen molar-refractivity contribution in [1.29, 1.82) is 0 Å². The number of phenols is 1. The number of likely N-dealkylation sites (tertiary alicyclic amines) is 1. The lowest BCUT2D eigenvalue weighted by molar-refractivity contribution is -0.141. The van der Waals surface area contributed by atoms with E-state index < -0.39 is 12.5 Å². The summed E-state index contributed by atoms with van der Waals surface area (Å²) in [6, 6.07) is 5.83. The number of carbonyl (C=O) groups is 2. The molecule has 0 bridgehead atoms. The van der Waals surface area contributed by atoms with Gasteiger partial charge in [-0.05, 0) is 55.2 Å². The molecule has 0 spiro atoms. The summed E-state index contributed by atoms with van der Waals surface area (Å²) in [6.45, 7) is 8.88. The summed E-state index contributed by atoms with van der Waals surface area (Å²) in [5.74, 6) is 0.262. The van der Waals surface area contributed by atoms with Gasteiger partial charge in [0.05, 0.1) is 0 Å². The number of ether oxygens (including phenoxy) is 1. The van der Waals surface area contributed by atoms with Gasteiger partial charge in [-0.1, -0.05) is 35.5 Å². The van der Waals surface area contributed by atoms with Crippen molar-refractivity contribution in [3.63, 3.8) is 0 Å². The molecule has 7 heteroatoms. The number of nitroso groups, excluding NO2 is 1. The number of esters is 1. The molecule has 3 rings (SSSR count). The first kappa shape index (κ1) is 22.7.